The third-order valence-corrected chi connectivity index (χ3v) is 5.93. The van der Waals surface area contributed by atoms with Crippen molar-refractivity contribution in [2.75, 3.05) is 6.54 Å². The molecule has 0 radical (unpaired) electrons. The van der Waals surface area contributed by atoms with Crippen LogP contribution in [0.3, 0.4) is 0 Å². The van der Waals surface area contributed by atoms with Gasteiger partial charge in [0.2, 0.25) is 0 Å². The predicted octanol–water partition coefficient (Wildman–Crippen LogP) is 3.58. The molecule has 0 atom stereocenters. The minimum atomic E-state index is -0.711. The van der Waals surface area contributed by atoms with Gasteiger partial charge in [0.15, 0.2) is 0 Å². The van der Waals surface area contributed by atoms with Crippen LogP contribution in [-0.4, -0.2) is 39.9 Å². The standard InChI is InChI=1S/C21H22ClN3O4/c22-18-15(12-14-6-1-2-7-16(14)23-18)13-29-17(26)8-5-11-25-19(27)21(24-20(25)28)9-3-4-10-21/h1-2,6-7,12H,3-5,8-11,13H2,(H,24,28). The molecule has 1 aliphatic heterocycles. The lowest BCUT2D eigenvalue weighted by Gasteiger charge is -2.19. The number of hydrogen-bond acceptors (Lipinski definition) is 5. The molecule has 1 aromatic carbocycles. The van der Waals surface area contributed by atoms with Gasteiger partial charge in [0, 0.05) is 23.9 Å². The molecule has 0 unspecified atom stereocenters. The molecule has 2 aromatic rings. The third-order valence-electron chi connectivity index (χ3n) is 5.60. The van der Waals surface area contributed by atoms with E-state index in [9.17, 15) is 14.4 Å². The average Bonchev–Trinajstić information content (AvgIpc) is 3.26. The average molecular weight is 416 g/mol. The van der Waals surface area contributed by atoms with E-state index in [0.717, 1.165) is 23.7 Å². The molecule has 1 aromatic heterocycles. The van der Waals surface area contributed by atoms with Crippen LogP contribution in [-0.2, 0) is 20.9 Å². The molecule has 0 bridgehead atoms. The first-order valence-corrected chi connectivity index (χ1v) is 10.2. The maximum atomic E-state index is 12.6. The minimum absolute atomic E-state index is 0.0295. The van der Waals surface area contributed by atoms with Gasteiger partial charge in [0.05, 0.1) is 5.52 Å². The molecule has 2 fully saturated rings. The highest BCUT2D eigenvalue weighted by Gasteiger charge is 2.52. The van der Waals surface area contributed by atoms with Gasteiger partial charge in [-0.25, -0.2) is 9.78 Å². The lowest BCUT2D eigenvalue weighted by atomic mass is 9.98. The fourth-order valence-corrected chi connectivity index (χ4v) is 4.25. The molecule has 2 heterocycles. The van der Waals surface area contributed by atoms with Crippen molar-refractivity contribution in [1.82, 2.24) is 15.2 Å². The predicted molar refractivity (Wildman–Crippen MR) is 107 cm³/mol. The number of benzene rings is 1. The van der Waals surface area contributed by atoms with Crippen molar-refractivity contribution < 1.29 is 19.1 Å². The van der Waals surface area contributed by atoms with Crippen molar-refractivity contribution in [3.63, 3.8) is 0 Å². The second kappa shape index (κ2) is 7.99. The number of carbonyl (C=O) groups is 3. The zero-order valence-electron chi connectivity index (χ0n) is 15.9. The SMILES string of the molecule is O=C(CCCN1C(=O)NC2(CCCC2)C1=O)OCc1cc2ccccc2nc1Cl. The molecule has 2 aliphatic rings. The van der Waals surface area contributed by atoms with Crippen molar-refractivity contribution in [3.8, 4) is 0 Å². The molecule has 8 heteroatoms. The number of urea groups is 1. The van der Waals surface area contributed by atoms with Crippen molar-refractivity contribution in [2.45, 2.75) is 50.7 Å². The highest BCUT2D eigenvalue weighted by Crippen LogP contribution is 2.35. The van der Waals surface area contributed by atoms with Gasteiger partial charge in [-0.3, -0.25) is 14.5 Å². The summed E-state index contributed by atoms with van der Waals surface area (Å²) in [5.41, 5.74) is 0.703. The summed E-state index contributed by atoms with van der Waals surface area (Å²) >= 11 is 6.18. The van der Waals surface area contributed by atoms with E-state index in [1.54, 1.807) is 0 Å². The Bertz CT molecular complexity index is 972. The Kier molecular flexibility index (Phi) is 5.41. The summed E-state index contributed by atoms with van der Waals surface area (Å²) in [5.74, 6) is -0.570. The van der Waals surface area contributed by atoms with Crippen LogP contribution in [0.1, 0.15) is 44.1 Å². The highest BCUT2D eigenvalue weighted by molar-refractivity contribution is 6.30. The molecule has 152 valence electrons. The minimum Gasteiger partial charge on any atom is -0.461 e. The van der Waals surface area contributed by atoms with E-state index in [1.807, 2.05) is 30.3 Å². The first-order valence-electron chi connectivity index (χ1n) is 9.82. The summed E-state index contributed by atoms with van der Waals surface area (Å²) in [5, 5.41) is 4.06. The van der Waals surface area contributed by atoms with Gasteiger partial charge in [0.1, 0.15) is 17.3 Å². The number of aromatic nitrogens is 1. The Morgan fingerprint density at radius 2 is 2.00 bits per heavy atom. The normalized spacial score (nSPS) is 17.9. The van der Waals surface area contributed by atoms with Gasteiger partial charge in [-0.05, 0) is 31.4 Å². The molecule has 1 aliphatic carbocycles. The first kappa shape index (κ1) is 19.6. The number of ether oxygens (including phenoxy) is 1. The highest BCUT2D eigenvalue weighted by atomic mass is 35.5. The molecule has 29 heavy (non-hydrogen) atoms. The Hall–Kier alpha value is -2.67. The van der Waals surface area contributed by atoms with Crippen molar-refractivity contribution in [2.24, 2.45) is 0 Å². The van der Waals surface area contributed by atoms with E-state index in [0.29, 0.717) is 30.0 Å². The number of halogens is 1. The van der Waals surface area contributed by atoms with Gasteiger partial charge in [0.25, 0.3) is 5.91 Å². The van der Waals surface area contributed by atoms with E-state index >= 15 is 0 Å². The number of carbonyl (C=O) groups excluding carboxylic acids is 3. The maximum absolute atomic E-state index is 12.6. The number of fused-ring (bicyclic) bond motifs is 1. The van der Waals surface area contributed by atoms with Crippen molar-refractivity contribution in [3.05, 3.63) is 41.0 Å². The van der Waals surface area contributed by atoms with E-state index in [4.69, 9.17) is 16.3 Å². The van der Waals surface area contributed by atoms with Crippen LogP contribution in [0.15, 0.2) is 30.3 Å². The fourth-order valence-electron chi connectivity index (χ4n) is 4.05. The lowest BCUT2D eigenvalue weighted by molar-refractivity contribution is -0.145. The Balaban J connectivity index is 1.27. The van der Waals surface area contributed by atoms with Crippen LogP contribution in [0.4, 0.5) is 4.79 Å². The van der Waals surface area contributed by atoms with Crippen molar-refractivity contribution in [1.29, 1.82) is 0 Å². The third kappa shape index (κ3) is 3.92. The number of pyridine rings is 1. The number of nitrogens with zero attached hydrogens (tertiary/aromatic N) is 2. The number of imide groups is 1. The first-order chi connectivity index (χ1) is 14.0. The number of esters is 1. The smallest absolute Gasteiger partial charge is 0.325 e. The summed E-state index contributed by atoms with van der Waals surface area (Å²) in [4.78, 5) is 42.3. The van der Waals surface area contributed by atoms with Gasteiger partial charge in [-0.15, -0.1) is 0 Å². The van der Waals surface area contributed by atoms with E-state index in [1.165, 1.54) is 4.90 Å². The van der Waals surface area contributed by atoms with Gasteiger partial charge >= 0.3 is 12.0 Å². The van der Waals surface area contributed by atoms with E-state index < -0.39 is 11.5 Å². The van der Waals surface area contributed by atoms with Crippen LogP contribution in [0.5, 0.6) is 0 Å². The largest absolute Gasteiger partial charge is 0.461 e. The van der Waals surface area contributed by atoms with Gasteiger partial charge in [-0.2, -0.15) is 0 Å². The van der Waals surface area contributed by atoms with Crippen LogP contribution < -0.4 is 5.32 Å². The number of amides is 3. The van der Waals surface area contributed by atoms with Gasteiger partial charge in [-0.1, -0.05) is 42.6 Å². The molecule has 1 spiro atoms. The second-order valence-corrected chi connectivity index (χ2v) is 7.93. The lowest BCUT2D eigenvalue weighted by Crippen LogP contribution is -2.44. The molecular formula is C21H22ClN3O4. The topological polar surface area (TPSA) is 88.6 Å². The number of rotatable bonds is 6. The van der Waals surface area contributed by atoms with Crippen LogP contribution >= 0.6 is 11.6 Å². The molecule has 3 amide bonds. The van der Waals surface area contributed by atoms with Crippen LogP contribution in [0.25, 0.3) is 10.9 Å². The van der Waals surface area contributed by atoms with E-state index in [2.05, 4.69) is 10.3 Å². The molecule has 7 nitrogen and oxygen atoms in total. The summed E-state index contributed by atoms with van der Waals surface area (Å²) < 4.78 is 5.30. The quantitative estimate of drug-likeness (QED) is 0.442. The van der Waals surface area contributed by atoms with Gasteiger partial charge < -0.3 is 10.1 Å². The van der Waals surface area contributed by atoms with Crippen molar-refractivity contribution >= 4 is 40.4 Å². The fraction of sp³-hybridized carbons (Fsp3) is 0.429. The number of para-hydroxylation sites is 1. The molecule has 4 rings (SSSR count). The Morgan fingerprint density at radius 3 is 2.79 bits per heavy atom. The molecule has 1 N–H and O–H groups in total. The second-order valence-electron chi connectivity index (χ2n) is 7.57. The zero-order chi connectivity index (χ0) is 20.4. The summed E-state index contributed by atoms with van der Waals surface area (Å²) in [6, 6.07) is 9.05. The van der Waals surface area contributed by atoms with E-state index in [-0.39, 0.29) is 31.5 Å². The molecule has 1 saturated heterocycles. The monoisotopic (exact) mass is 415 g/mol. The van der Waals surface area contributed by atoms with Crippen LogP contribution in [0.2, 0.25) is 5.15 Å². The summed E-state index contributed by atoms with van der Waals surface area (Å²) in [7, 11) is 0. The number of hydrogen-bond donors (Lipinski definition) is 1. The Morgan fingerprint density at radius 1 is 1.24 bits per heavy atom. The molecular weight excluding hydrogens is 394 g/mol. The zero-order valence-corrected chi connectivity index (χ0v) is 16.7. The molecule has 1 saturated carbocycles. The Labute approximate surface area is 173 Å². The summed E-state index contributed by atoms with van der Waals surface area (Å²) in [6.07, 6.45) is 3.74. The number of nitrogens with one attached hydrogen (secondary N) is 1. The van der Waals surface area contributed by atoms with Crippen LogP contribution in [0, 0.1) is 0 Å². The maximum Gasteiger partial charge on any atom is 0.325 e. The summed E-state index contributed by atoms with van der Waals surface area (Å²) in [6.45, 7) is 0.238.